The van der Waals surface area contributed by atoms with Crippen LogP contribution in [-0.2, 0) is 18.4 Å². The van der Waals surface area contributed by atoms with Gasteiger partial charge in [0, 0.05) is 51.7 Å². The Labute approximate surface area is 177 Å². The van der Waals surface area contributed by atoms with Gasteiger partial charge in [0.05, 0.1) is 11.2 Å². The third-order valence-corrected chi connectivity index (χ3v) is 5.79. The third kappa shape index (κ3) is 3.54. The van der Waals surface area contributed by atoms with Gasteiger partial charge in [-0.05, 0) is 43.2 Å². The first-order valence-corrected chi connectivity index (χ1v) is 10.3. The van der Waals surface area contributed by atoms with Crippen molar-refractivity contribution in [3.8, 4) is 0 Å². The van der Waals surface area contributed by atoms with Crippen molar-refractivity contribution in [3.63, 3.8) is 0 Å². The van der Waals surface area contributed by atoms with Crippen LogP contribution >= 0.6 is 0 Å². The summed E-state index contributed by atoms with van der Waals surface area (Å²) < 4.78 is 1.90. The van der Waals surface area contributed by atoms with Gasteiger partial charge < -0.3 is 19.7 Å². The number of aromatic nitrogens is 1. The van der Waals surface area contributed by atoms with Gasteiger partial charge in [-0.1, -0.05) is 23.8 Å². The molecule has 0 aliphatic carbocycles. The predicted molar refractivity (Wildman–Crippen MR) is 121 cm³/mol. The van der Waals surface area contributed by atoms with Crippen LogP contribution in [-0.4, -0.2) is 37.0 Å². The fourth-order valence-electron chi connectivity index (χ4n) is 4.13. The summed E-state index contributed by atoms with van der Waals surface area (Å²) in [5.74, 6) is -0.0879. The maximum absolute atomic E-state index is 13.3. The van der Waals surface area contributed by atoms with Crippen molar-refractivity contribution >= 4 is 34.1 Å². The molecule has 30 heavy (non-hydrogen) atoms. The van der Waals surface area contributed by atoms with Crippen molar-refractivity contribution in [2.45, 2.75) is 26.3 Å². The quantitative estimate of drug-likeness (QED) is 0.707. The average molecular weight is 405 g/mol. The summed E-state index contributed by atoms with van der Waals surface area (Å²) in [4.78, 5) is 29.6. The van der Waals surface area contributed by atoms with Crippen LogP contribution in [0.25, 0.3) is 10.9 Å². The Hall–Kier alpha value is -3.28. The van der Waals surface area contributed by atoms with Crippen LogP contribution < -0.4 is 15.1 Å². The summed E-state index contributed by atoms with van der Waals surface area (Å²) in [5.41, 5.74) is 5.48. The highest BCUT2D eigenvalue weighted by molar-refractivity contribution is 6.14. The van der Waals surface area contributed by atoms with E-state index < -0.39 is 0 Å². The molecule has 2 amide bonds. The van der Waals surface area contributed by atoms with Gasteiger partial charge in [0.2, 0.25) is 5.91 Å². The van der Waals surface area contributed by atoms with E-state index in [0.717, 1.165) is 39.8 Å². The summed E-state index contributed by atoms with van der Waals surface area (Å²) in [6.07, 6.45) is 1.35. The molecule has 1 aliphatic heterocycles. The number of anilines is 2. The first-order valence-electron chi connectivity index (χ1n) is 10.3. The average Bonchev–Trinajstić information content (AvgIpc) is 3.26. The molecule has 3 aromatic rings. The van der Waals surface area contributed by atoms with E-state index in [1.54, 1.807) is 4.90 Å². The lowest BCUT2D eigenvalue weighted by atomic mass is 10.1. The van der Waals surface area contributed by atoms with Gasteiger partial charge in [-0.2, -0.15) is 0 Å². The van der Waals surface area contributed by atoms with E-state index in [9.17, 15) is 9.59 Å². The lowest BCUT2D eigenvalue weighted by molar-refractivity contribution is -0.117. The second kappa shape index (κ2) is 7.86. The maximum atomic E-state index is 13.3. The topological polar surface area (TPSA) is 57.6 Å². The minimum absolute atomic E-state index is 0.0809. The molecule has 0 saturated carbocycles. The fraction of sp³-hybridized carbons (Fsp3) is 0.333. The van der Waals surface area contributed by atoms with Crippen LogP contribution in [0.3, 0.4) is 0 Å². The molecule has 2 aromatic carbocycles. The van der Waals surface area contributed by atoms with Gasteiger partial charge in [0.1, 0.15) is 5.69 Å². The van der Waals surface area contributed by atoms with Gasteiger partial charge in [0.25, 0.3) is 5.91 Å². The number of aryl methyl sites for hydroxylation is 2. The molecule has 1 aromatic heterocycles. The van der Waals surface area contributed by atoms with E-state index in [-0.39, 0.29) is 11.8 Å². The van der Waals surface area contributed by atoms with Crippen molar-refractivity contribution in [1.29, 1.82) is 0 Å². The van der Waals surface area contributed by atoms with Crippen molar-refractivity contribution in [2.24, 2.45) is 7.05 Å². The zero-order valence-corrected chi connectivity index (χ0v) is 18.0. The molecule has 0 atom stereocenters. The first kappa shape index (κ1) is 20.0. The molecule has 156 valence electrons. The predicted octanol–water partition coefficient (Wildman–Crippen LogP) is 3.61. The number of carbonyl (C=O) groups is 2. The molecule has 0 spiro atoms. The lowest BCUT2D eigenvalue weighted by Gasteiger charge is -2.18. The van der Waals surface area contributed by atoms with E-state index in [4.69, 9.17) is 0 Å². The molecule has 1 saturated heterocycles. The molecule has 0 unspecified atom stereocenters. The van der Waals surface area contributed by atoms with Gasteiger partial charge in [-0.15, -0.1) is 0 Å². The Morgan fingerprint density at radius 2 is 1.87 bits per heavy atom. The molecule has 2 heterocycles. The Balaban J connectivity index is 1.67. The van der Waals surface area contributed by atoms with Crippen LogP contribution in [0.15, 0.2) is 42.5 Å². The number of carbonyl (C=O) groups excluding carboxylic acids is 2. The van der Waals surface area contributed by atoms with Gasteiger partial charge >= 0.3 is 0 Å². The normalized spacial score (nSPS) is 13.9. The minimum atomic E-state index is -0.169. The molecule has 0 bridgehead atoms. The van der Waals surface area contributed by atoms with Crippen LogP contribution in [0.5, 0.6) is 0 Å². The number of fused-ring (bicyclic) bond motifs is 1. The van der Waals surface area contributed by atoms with Crippen molar-refractivity contribution in [1.82, 2.24) is 9.88 Å². The molecule has 6 heteroatoms. The van der Waals surface area contributed by atoms with Crippen molar-refractivity contribution in [3.05, 3.63) is 59.3 Å². The largest absolute Gasteiger partial charge is 0.378 e. The second-order valence-corrected chi connectivity index (χ2v) is 8.17. The van der Waals surface area contributed by atoms with Crippen molar-refractivity contribution in [2.75, 3.05) is 30.4 Å². The van der Waals surface area contributed by atoms with Gasteiger partial charge in [-0.25, -0.2) is 0 Å². The first-order chi connectivity index (χ1) is 14.4. The molecule has 1 fully saturated rings. The lowest BCUT2D eigenvalue weighted by Crippen LogP contribution is -2.30. The van der Waals surface area contributed by atoms with Crippen LogP contribution in [0.2, 0.25) is 0 Å². The SMILES string of the molecule is Cc1ccc2c(c1)c(N1CCCC1=O)c(C(=O)NCc1ccc(N(C)C)cc1)n2C. The molecule has 0 radical (unpaired) electrons. The molecular weight excluding hydrogens is 376 g/mol. The van der Waals surface area contributed by atoms with E-state index in [0.29, 0.717) is 25.2 Å². The summed E-state index contributed by atoms with van der Waals surface area (Å²) in [5, 5.41) is 4.00. The number of benzene rings is 2. The molecule has 1 aliphatic rings. The number of nitrogens with zero attached hydrogens (tertiary/aromatic N) is 3. The number of rotatable bonds is 5. The summed E-state index contributed by atoms with van der Waals surface area (Å²) >= 11 is 0. The second-order valence-electron chi connectivity index (χ2n) is 8.17. The Morgan fingerprint density at radius 3 is 2.50 bits per heavy atom. The Morgan fingerprint density at radius 1 is 1.13 bits per heavy atom. The van der Waals surface area contributed by atoms with Crippen LogP contribution in [0, 0.1) is 6.92 Å². The number of hydrogen-bond acceptors (Lipinski definition) is 3. The molecular formula is C24H28N4O2. The summed E-state index contributed by atoms with van der Waals surface area (Å²) in [7, 11) is 5.89. The standard InChI is InChI=1S/C24H28N4O2/c1-16-7-12-20-19(14-16)22(28-13-5-6-21(28)29)23(27(20)4)24(30)25-15-17-8-10-18(11-9-17)26(2)3/h7-12,14H,5-6,13,15H2,1-4H3,(H,25,30). The van der Waals surface area contributed by atoms with Crippen molar-refractivity contribution < 1.29 is 9.59 Å². The highest BCUT2D eigenvalue weighted by atomic mass is 16.2. The van der Waals surface area contributed by atoms with E-state index in [2.05, 4.69) is 11.4 Å². The highest BCUT2D eigenvalue weighted by Crippen LogP contribution is 2.36. The zero-order valence-electron chi connectivity index (χ0n) is 18.0. The third-order valence-electron chi connectivity index (χ3n) is 5.79. The number of amides is 2. The monoisotopic (exact) mass is 404 g/mol. The number of hydrogen-bond donors (Lipinski definition) is 1. The van der Waals surface area contributed by atoms with E-state index >= 15 is 0 Å². The van der Waals surface area contributed by atoms with E-state index in [1.807, 2.05) is 73.9 Å². The maximum Gasteiger partial charge on any atom is 0.270 e. The van der Waals surface area contributed by atoms with E-state index in [1.165, 1.54) is 0 Å². The smallest absolute Gasteiger partial charge is 0.270 e. The van der Waals surface area contributed by atoms with Crippen LogP contribution in [0.1, 0.15) is 34.5 Å². The Bertz CT molecular complexity index is 1110. The molecule has 4 rings (SSSR count). The number of nitrogens with one attached hydrogen (secondary N) is 1. The fourth-order valence-corrected chi connectivity index (χ4v) is 4.13. The molecule has 6 nitrogen and oxygen atoms in total. The minimum Gasteiger partial charge on any atom is -0.378 e. The Kier molecular flexibility index (Phi) is 5.24. The zero-order chi connectivity index (χ0) is 21.4. The summed E-state index contributed by atoms with van der Waals surface area (Å²) in [6.45, 7) is 3.11. The van der Waals surface area contributed by atoms with Gasteiger partial charge in [0.15, 0.2) is 0 Å². The van der Waals surface area contributed by atoms with Crippen LogP contribution in [0.4, 0.5) is 11.4 Å². The molecule has 1 N–H and O–H groups in total. The van der Waals surface area contributed by atoms with Gasteiger partial charge in [-0.3, -0.25) is 9.59 Å². The summed E-state index contributed by atoms with van der Waals surface area (Å²) in [6, 6.07) is 14.2. The highest BCUT2D eigenvalue weighted by Gasteiger charge is 2.31.